The lowest BCUT2D eigenvalue weighted by Crippen LogP contribution is -2.36. The van der Waals surface area contributed by atoms with Crippen molar-refractivity contribution in [2.45, 2.75) is 24.5 Å². The van der Waals surface area contributed by atoms with Gasteiger partial charge in [0, 0.05) is 12.3 Å². The molecule has 0 bridgehead atoms. The Morgan fingerprint density at radius 2 is 2.00 bits per heavy atom. The van der Waals surface area contributed by atoms with E-state index in [1.807, 2.05) is 0 Å². The van der Waals surface area contributed by atoms with Gasteiger partial charge in [0.05, 0.1) is 6.61 Å². The number of carbonyl (C=O) groups is 1. The molecule has 0 spiro atoms. The summed E-state index contributed by atoms with van der Waals surface area (Å²) in [5.41, 5.74) is -1.24. The number of aromatic nitrogens is 2. The standard InChI is InChI=1S/C10H10N2O7/c13-3-4-6-7(19-10(16)18-6)8(17-4)12-2-1-5(14)11-9(12)15/h1-2,4,6-8,13H,3H2,(H,11,14,15)/t4-,6+,7?,8-/m1/s1. The molecule has 0 amide bonds. The highest BCUT2D eigenvalue weighted by Crippen LogP contribution is 2.36. The largest absolute Gasteiger partial charge is 0.509 e. The fraction of sp³-hybridized carbons (Fsp3) is 0.500. The number of ether oxygens (including phenoxy) is 3. The van der Waals surface area contributed by atoms with Crippen molar-refractivity contribution in [1.29, 1.82) is 0 Å². The molecule has 0 aliphatic carbocycles. The first-order valence-electron chi connectivity index (χ1n) is 5.55. The smallest absolute Gasteiger partial charge is 0.424 e. The van der Waals surface area contributed by atoms with Gasteiger partial charge in [0.2, 0.25) is 0 Å². The molecule has 102 valence electrons. The highest BCUT2D eigenvalue weighted by molar-refractivity contribution is 5.63. The molecule has 1 aromatic rings. The summed E-state index contributed by atoms with van der Waals surface area (Å²) in [6.45, 7) is -0.383. The van der Waals surface area contributed by atoms with Gasteiger partial charge in [0.1, 0.15) is 6.10 Å². The molecule has 1 aromatic heterocycles. The molecule has 0 saturated carbocycles. The van der Waals surface area contributed by atoms with Crippen LogP contribution in [0.15, 0.2) is 21.9 Å². The number of aliphatic hydroxyl groups excluding tert-OH is 1. The van der Waals surface area contributed by atoms with E-state index in [1.165, 1.54) is 6.20 Å². The molecule has 2 N–H and O–H groups in total. The van der Waals surface area contributed by atoms with Crippen molar-refractivity contribution >= 4 is 6.16 Å². The van der Waals surface area contributed by atoms with Gasteiger partial charge in [-0.05, 0) is 0 Å². The van der Waals surface area contributed by atoms with Crippen LogP contribution in [0.5, 0.6) is 0 Å². The molecule has 3 rings (SSSR count). The summed E-state index contributed by atoms with van der Waals surface area (Å²) in [4.78, 5) is 35.8. The minimum absolute atomic E-state index is 0.383. The van der Waals surface area contributed by atoms with E-state index in [4.69, 9.17) is 19.3 Å². The van der Waals surface area contributed by atoms with Crippen molar-refractivity contribution in [3.05, 3.63) is 33.1 Å². The minimum Gasteiger partial charge on any atom is -0.424 e. The van der Waals surface area contributed by atoms with Gasteiger partial charge >= 0.3 is 11.8 Å². The lowest BCUT2D eigenvalue weighted by molar-refractivity contribution is -0.0736. The quantitative estimate of drug-likeness (QED) is 0.616. The summed E-state index contributed by atoms with van der Waals surface area (Å²) in [6.07, 6.45) is -2.98. The zero-order chi connectivity index (χ0) is 13.6. The minimum atomic E-state index is -0.946. The van der Waals surface area contributed by atoms with Gasteiger partial charge in [-0.25, -0.2) is 9.59 Å². The van der Waals surface area contributed by atoms with Crippen LogP contribution in [-0.4, -0.2) is 45.7 Å². The number of H-pyrrole nitrogens is 1. The summed E-state index contributed by atoms with van der Waals surface area (Å²) in [5, 5.41) is 9.16. The molecule has 2 fully saturated rings. The molecule has 19 heavy (non-hydrogen) atoms. The normalized spacial score (nSPS) is 32.8. The molecule has 2 aliphatic rings. The SMILES string of the molecule is O=C1OC2[C@@H](O1)[C@@H](CO)O[C@H]2n1ccc(=O)[nH]c1=O. The number of hydrogen-bond donors (Lipinski definition) is 2. The van der Waals surface area contributed by atoms with Crippen LogP contribution < -0.4 is 11.2 Å². The molecule has 2 aliphatic heterocycles. The Kier molecular flexibility index (Phi) is 2.64. The number of aromatic amines is 1. The van der Waals surface area contributed by atoms with Crippen LogP contribution >= 0.6 is 0 Å². The summed E-state index contributed by atoms with van der Waals surface area (Å²) in [5.74, 6) is 0. The molecule has 2 saturated heterocycles. The number of fused-ring (bicyclic) bond motifs is 1. The topological polar surface area (TPSA) is 120 Å². The van der Waals surface area contributed by atoms with Crippen molar-refractivity contribution < 1.29 is 24.1 Å². The molecule has 4 atom stereocenters. The highest BCUT2D eigenvalue weighted by Gasteiger charge is 2.54. The molecule has 3 heterocycles. The Bertz CT molecular complexity index is 621. The van der Waals surface area contributed by atoms with E-state index in [2.05, 4.69) is 4.98 Å². The summed E-state index contributed by atoms with van der Waals surface area (Å²) in [6, 6.07) is 1.14. The Hall–Kier alpha value is -2.13. The van der Waals surface area contributed by atoms with Gasteiger partial charge in [0.15, 0.2) is 18.4 Å². The van der Waals surface area contributed by atoms with Gasteiger partial charge in [0.25, 0.3) is 5.56 Å². The molecule has 0 aromatic carbocycles. The van der Waals surface area contributed by atoms with E-state index in [0.717, 1.165) is 10.6 Å². The molecular weight excluding hydrogens is 260 g/mol. The Balaban J connectivity index is 1.99. The van der Waals surface area contributed by atoms with Crippen LogP contribution in [0.3, 0.4) is 0 Å². The van der Waals surface area contributed by atoms with Gasteiger partial charge in [-0.1, -0.05) is 0 Å². The number of nitrogens with one attached hydrogen (secondary N) is 1. The Morgan fingerprint density at radius 3 is 2.68 bits per heavy atom. The number of hydrogen-bond acceptors (Lipinski definition) is 7. The second-order valence-electron chi connectivity index (χ2n) is 4.18. The second kappa shape index (κ2) is 4.21. The van der Waals surface area contributed by atoms with E-state index < -0.39 is 41.9 Å². The van der Waals surface area contributed by atoms with Gasteiger partial charge < -0.3 is 19.3 Å². The fourth-order valence-corrected chi connectivity index (χ4v) is 2.22. The van der Waals surface area contributed by atoms with Crippen molar-refractivity contribution in [2.24, 2.45) is 0 Å². The summed E-state index contributed by atoms with van der Waals surface area (Å²) < 4.78 is 16.3. The van der Waals surface area contributed by atoms with Crippen LogP contribution in [0.25, 0.3) is 0 Å². The number of nitrogens with zero attached hydrogens (tertiary/aromatic N) is 1. The highest BCUT2D eigenvalue weighted by atomic mass is 16.8. The third-order valence-corrected chi connectivity index (χ3v) is 3.06. The van der Waals surface area contributed by atoms with Crippen LogP contribution in [0.2, 0.25) is 0 Å². The first-order valence-corrected chi connectivity index (χ1v) is 5.55. The van der Waals surface area contributed by atoms with Crippen molar-refractivity contribution in [2.75, 3.05) is 6.61 Å². The predicted molar refractivity (Wildman–Crippen MR) is 57.5 cm³/mol. The lowest BCUT2D eigenvalue weighted by atomic mass is 10.1. The van der Waals surface area contributed by atoms with Crippen LogP contribution in [-0.2, 0) is 14.2 Å². The third kappa shape index (κ3) is 1.83. The van der Waals surface area contributed by atoms with Crippen molar-refractivity contribution in [1.82, 2.24) is 9.55 Å². The Morgan fingerprint density at radius 1 is 1.26 bits per heavy atom. The number of carbonyl (C=O) groups excluding carboxylic acids is 1. The van der Waals surface area contributed by atoms with Gasteiger partial charge in [-0.3, -0.25) is 14.3 Å². The third-order valence-electron chi connectivity index (χ3n) is 3.06. The van der Waals surface area contributed by atoms with E-state index in [1.54, 1.807) is 0 Å². The van der Waals surface area contributed by atoms with Crippen molar-refractivity contribution in [3.63, 3.8) is 0 Å². The van der Waals surface area contributed by atoms with Gasteiger partial charge in [-0.15, -0.1) is 0 Å². The van der Waals surface area contributed by atoms with Crippen LogP contribution in [0.4, 0.5) is 4.79 Å². The monoisotopic (exact) mass is 270 g/mol. The predicted octanol–water partition coefficient (Wildman–Crippen LogP) is -1.67. The lowest BCUT2D eigenvalue weighted by Gasteiger charge is -2.17. The number of rotatable bonds is 2. The number of aliphatic hydroxyl groups is 1. The average molecular weight is 270 g/mol. The fourth-order valence-electron chi connectivity index (χ4n) is 2.22. The van der Waals surface area contributed by atoms with Gasteiger partial charge in [-0.2, -0.15) is 0 Å². The first kappa shape index (κ1) is 11.9. The second-order valence-corrected chi connectivity index (χ2v) is 4.18. The van der Waals surface area contributed by atoms with E-state index in [0.29, 0.717) is 0 Å². The molecule has 9 nitrogen and oxygen atoms in total. The zero-order valence-corrected chi connectivity index (χ0v) is 9.52. The average Bonchev–Trinajstić information content (AvgIpc) is 2.87. The molecule has 1 unspecified atom stereocenters. The van der Waals surface area contributed by atoms with Crippen LogP contribution in [0, 0.1) is 0 Å². The van der Waals surface area contributed by atoms with Crippen LogP contribution in [0.1, 0.15) is 6.23 Å². The van der Waals surface area contributed by atoms with E-state index in [-0.39, 0.29) is 6.61 Å². The van der Waals surface area contributed by atoms with E-state index in [9.17, 15) is 14.4 Å². The molecule has 9 heteroatoms. The molecular formula is C10H10N2O7. The maximum atomic E-state index is 11.7. The summed E-state index contributed by atoms with van der Waals surface area (Å²) >= 11 is 0. The first-order chi connectivity index (χ1) is 9.10. The Labute approximate surface area is 105 Å². The maximum Gasteiger partial charge on any atom is 0.509 e. The maximum absolute atomic E-state index is 11.7. The molecule has 0 radical (unpaired) electrons. The van der Waals surface area contributed by atoms with E-state index >= 15 is 0 Å². The zero-order valence-electron chi connectivity index (χ0n) is 9.52. The van der Waals surface area contributed by atoms with Crippen molar-refractivity contribution in [3.8, 4) is 0 Å². The summed E-state index contributed by atoms with van der Waals surface area (Å²) in [7, 11) is 0.